The largest absolute Gasteiger partial charge is 0.478 e. The van der Waals surface area contributed by atoms with E-state index in [1.54, 1.807) is 43.0 Å². The third-order valence-electron chi connectivity index (χ3n) is 4.74. The number of nitrogens with zero attached hydrogens (tertiary/aromatic N) is 4. The number of aromatic carboxylic acids is 1. The van der Waals surface area contributed by atoms with E-state index in [9.17, 15) is 4.79 Å². The zero-order valence-corrected chi connectivity index (χ0v) is 16.8. The molecule has 2 aromatic heterocycles. The van der Waals surface area contributed by atoms with Crippen molar-refractivity contribution >= 4 is 22.6 Å². The van der Waals surface area contributed by atoms with Crippen molar-refractivity contribution in [2.45, 2.75) is 20.4 Å². The molecule has 0 aliphatic carbocycles. The minimum absolute atomic E-state index is 0.331. The lowest BCUT2D eigenvalue weighted by atomic mass is 10.1. The molecular formula is C22H25N5O2. The minimum atomic E-state index is -0.879. The molecule has 0 fully saturated rings. The number of anilines is 1. The molecule has 7 heteroatoms. The Kier molecular flexibility index (Phi) is 6.29. The fraction of sp³-hybridized carbons (Fsp3) is 0.227. The van der Waals surface area contributed by atoms with E-state index < -0.39 is 5.97 Å². The fourth-order valence-electron chi connectivity index (χ4n) is 3.20. The molecule has 0 aliphatic rings. The molecule has 0 saturated heterocycles. The van der Waals surface area contributed by atoms with Gasteiger partial charge in [0.25, 0.3) is 0 Å². The highest BCUT2D eigenvalue weighted by molar-refractivity contribution is 5.95. The average molecular weight is 391 g/mol. The minimum Gasteiger partial charge on any atom is -0.478 e. The van der Waals surface area contributed by atoms with Crippen molar-refractivity contribution in [2.75, 3.05) is 11.9 Å². The van der Waals surface area contributed by atoms with Crippen molar-refractivity contribution in [3.8, 4) is 0 Å². The normalized spacial score (nSPS) is 10.4. The van der Waals surface area contributed by atoms with Gasteiger partial charge in [0.15, 0.2) is 0 Å². The molecule has 2 aromatic carbocycles. The first-order valence-electron chi connectivity index (χ1n) is 9.43. The monoisotopic (exact) mass is 391 g/mol. The number of carboxylic acids is 1. The van der Waals surface area contributed by atoms with Crippen LogP contribution in [-0.4, -0.2) is 37.0 Å². The molecule has 0 atom stereocenters. The summed E-state index contributed by atoms with van der Waals surface area (Å²) in [5.74, 6) is -0.879. The molecule has 7 nitrogen and oxygen atoms in total. The second-order valence-electron chi connectivity index (χ2n) is 6.67. The van der Waals surface area contributed by atoms with Gasteiger partial charge >= 0.3 is 5.97 Å². The van der Waals surface area contributed by atoms with E-state index in [0.29, 0.717) is 5.56 Å². The number of carboxylic acid groups (broad SMARTS) is 1. The maximum atomic E-state index is 10.2. The first kappa shape index (κ1) is 20.1. The summed E-state index contributed by atoms with van der Waals surface area (Å²) in [5.41, 5.74) is 5.30. The molecule has 0 spiro atoms. The maximum Gasteiger partial charge on any atom is 0.335 e. The lowest BCUT2D eigenvalue weighted by Crippen LogP contribution is -2.00. The van der Waals surface area contributed by atoms with Crippen LogP contribution in [0, 0.1) is 6.92 Å². The predicted molar refractivity (Wildman–Crippen MR) is 114 cm³/mol. The van der Waals surface area contributed by atoms with Gasteiger partial charge in [-0.1, -0.05) is 24.3 Å². The first-order chi connectivity index (χ1) is 14.0. The lowest BCUT2D eigenvalue weighted by Gasteiger charge is -2.05. The maximum absolute atomic E-state index is 10.2. The van der Waals surface area contributed by atoms with Crippen molar-refractivity contribution in [3.63, 3.8) is 0 Å². The van der Waals surface area contributed by atoms with Crippen LogP contribution in [0.3, 0.4) is 0 Å². The molecule has 0 unspecified atom stereocenters. The predicted octanol–water partition coefficient (Wildman–Crippen LogP) is 3.94. The summed E-state index contributed by atoms with van der Waals surface area (Å²) in [6.07, 6.45) is 3.31. The Morgan fingerprint density at radius 3 is 2.52 bits per heavy atom. The van der Waals surface area contributed by atoms with Gasteiger partial charge in [0.05, 0.1) is 23.3 Å². The third kappa shape index (κ3) is 4.63. The van der Waals surface area contributed by atoms with Crippen molar-refractivity contribution in [1.82, 2.24) is 19.3 Å². The smallest absolute Gasteiger partial charge is 0.335 e. The number of carbonyl (C=O) groups is 1. The number of rotatable bonds is 5. The number of aromatic nitrogens is 4. The molecule has 2 N–H and O–H groups in total. The number of hydrogen-bond donors (Lipinski definition) is 2. The second kappa shape index (κ2) is 9.05. The van der Waals surface area contributed by atoms with Gasteiger partial charge in [-0.05, 0) is 43.7 Å². The van der Waals surface area contributed by atoms with Crippen LogP contribution in [0.25, 0.3) is 10.9 Å². The second-order valence-corrected chi connectivity index (χ2v) is 6.67. The van der Waals surface area contributed by atoms with Crippen LogP contribution in [0.4, 0.5) is 5.69 Å². The summed E-state index contributed by atoms with van der Waals surface area (Å²) in [5, 5.41) is 17.3. The molecule has 0 radical (unpaired) electrons. The van der Waals surface area contributed by atoms with Gasteiger partial charge in [-0.3, -0.25) is 0 Å². The molecule has 150 valence electrons. The number of aryl methyl sites for hydroxylation is 1. The zero-order chi connectivity index (χ0) is 20.8. The fourth-order valence-corrected chi connectivity index (χ4v) is 3.20. The first-order valence-corrected chi connectivity index (χ1v) is 9.43. The van der Waals surface area contributed by atoms with Gasteiger partial charge in [-0.15, -0.1) is 0 Å². The molecule has 29 heavy (non-hydrogen) atoms. The quantitative estimate of drug-likeness (QED) is 0.538. The van der Waals surface area contributed by atoms with Crippen LogP contribution in [0.5, 0.6) is 0 Å². The van der Waals surface area contributed by atoms with Gasteiger partial charge < -0.3 is 15.0 Å². The highest BCUT2D eigenvalue weighted by Gasteiger charge is 2.11. The highest BCUT2D eigenvalue weighted by Crippen LogP contribution is 2.30. The van der Waals surface area contributed by atoms with Gasteiger partial charge in [0.1, 0.15) is 12.7 Å². The van der Waals surface area contributed by atoms with E-state index in [1.807, 2.05) is 4.68 Å². The molecule has 4 aromatic rings. The van der Waals surface area contributed by atoms with Crippen molar-refractivity contribution in [1.29, 1.82) is 0 Å². The lowest BCUT2D eigenvalue weighted by molar-refractivity contribution is 0.0697. The third-order valence-corrected chi connectivity index (χ3v) is 4.74. The Morgan fingerprint density at radius 1 is 1.17 bits per heavy atom. The molecule has 0 saturated carbocycles. The van der Waals surface area contributed by atoms with E-state index in [2.05, 4.69) is 59.1 Å². The molecule has 0 aliphatic heterocycles. The Labute approximate surface area is 169 Å². The SMILES string of the molecule is CCNc1c(C)n(C)c2ccc(Cn3cncn3)cc12.O=C(O)c1ccccc1. The summed E-state index contributed by atoms with van der Waals surface area (Å²) >= 11 is 0. The van der Waals surface area contributed by atoms with E-state index in [-0.39, 0.29) is 0 Å². The Morgan fingerprint density at radius 2 is 1.93 bits per heavy atom. The Hall–Kier alpha value is -3.61. The summed E-state index contributed by atoms with van der Waals surface area (Å²) in [4.78, 5) is 14.2. The van der Waals surface area contributed by atoms with Gasteiger partial charge in [-0.2, -0.15) is 5.10 Å². The number of benzene rings is 2. The van der Waals surface area contributed by atoms with Crippen LogP contribution < -0.4 is 5.32 Å². The van der Waals surface area contributed by atoms with Crippen LogP contribution in [-0.2, 0) is 13.6 Å². The highest BCUT2D eigenvalue weighted by atomic mass is 16.4. The van der Waals surface area contributed by atoms with Crippen molar-refractivity contribution in [2.24, 2.45) is 7.05 Å². The average Bonchev–Trinajstić information content (AvgIpc) is 3.32. The van der Waals surface area contributed by atoms with Crippen LogP contribution in [0.15, 0.2) is 61.2 Å². The summed E-state index contributed by atoms with van der Waals surface area (Å²) in [6.45, 7) is 5.94. The molecule has 0 bridgehead atoms. The Bertz CT molecular complexity index is 1090. The van der Waals surface area contributed by atoms with Gasteiger partial charge in [0.2, 0.25) is 0 Å². The standard InChI is InChI=1S/C15H19N5.C7H6O2/c1-4-17-15-11(2)19(3)14-6-5-12(7-13(14)15)8-20-10-16-9-18-20;8-7(9)6-4-2-1-3-5-6/h5-7,9-10,17H,4,8H2,1-3H3;1-5H,(H,8,9). The number of nitrogens with one attached hydrogen (secondary N) is 1. The number of hydrogen-bond acceptors (Lipinski definition) is 4. The van der Waals surface area contributed by atoms with Crippen LogP contribution in [0.2, 0.25) is 0 Å². The summed E-state index contributed by atoms with van der Waals surface area (Å²) in [7, 11) is 2.11. The molecular weight excluding hydrogens is 366 g/mol. The van der Waals surface area contributed by atoms with E-state index in [0.717, 1.165) is 13.1 Å². The van der Waals surface area contributed by atoms with Crippen molar-refractivity contribution in [3.05, 3.63) is 78.0 Å². The van der Waals surface area contributed by atoms with Gasteiger partial charge in [0, 0.05) is 24.7 Å². The zero-order valence-electron chi connectivity index (χ0n) is 16.8. The molecule has 4 rings (SSSR count). The summed E-state index contributed by atoms with van der Waals surface area (Å²) < 4.78 is 4.07. The summed E-state index contributed by atoms with van der Waals surface area (Å²) in [6, 6.07) is 14.9. The Balaban J connectivity index is 0.000000224. The van der Waals surface area contributed by atoms with Crippen LogP contribution in [0.1, 0.15) is 28.5 Å². The van der Waals surface area contributed by atoms with Gasteiger partial charge in [-0.25, -0.2) is 14.5 Å². The van der Waals surface area contributed by atoms with Crippen LogP contribution >= 0.6 is 0 Å². The number of fused-ring (bicyclic) bond motifs is 1. The topological polar surface area (TPSA) is 85.0 Å². The van der Waals surface area contributed by atoms with Crippen molar-refractivity contribution < 1.29 is 9.90 Å². The van der Waals surface area contributed by atoms with E-state index >= 15 is 0 Å². The molecule has 0 amide bonds. The molecule has 2 heterocycles. The van der Waals surface area contributed by atoms with E-state index in [4.69, 9.17) is 5.11 Å². The van der Waals surface area contributed by atoms with E-state index in [1.165, 1.54) is 27.8 Å².